The Kier molecular flexibility index (Phi) is 7.05. The van der Waals surface area contributed by atoms with Crippen molar-refractivity contribution in [3.8, 4) is 0 Å². The number of amides is 1. The number of carboxylic acids is 1. The van der Waals surface area contributed by atoms with Crippen molar-refractivity contribution in [3.63, 3.8) is 0 Å². The molecule has 5 nitrogen and oxygen atoms in total. The van der Waals surface area contributed by atoms with Gasteiger partial charge in [0.25, 0.3) is 0 Å². The van der Waals surface area contributed by atoms with Gasteiger partial charge < -0.3 is 15.2 Å². The number of carbonyl (C=O) groups excluding carboxylic acids is 1. The highest BCUT2D eigenvalue weighted by atomic mass is 79.9. The Morgan fingerprint density at radius 2 is 1.91 bits per heavy atom. The average Bonchev–Trinajstić information content (AvgIpc) is 2.54. The maximum absolute atomic E-state index is 12.0. The molecule has 1 fully saturated rings. The average molecular weight is 384 g/mol. The van der Waals surface area contributed by atoms with Gasteiger partial charge in [0.05, 0.1) is 0 Å². The fraction of sp³-hybridized carbons (Fsp3) is 0.529. The van der Waals surface area contributed by atoms with E-state index in [9.17, 15) is 14.7 Å². The SMILES string of the molecule is O=C(CCCC1CCOCC1)NC(C(=O)O)c1ccc(Br)cc1. The van der Waals surface area contributed by atoms with Crippen LogP contribution in [-0.2, 0) is 14.3 Å². The number of hydrogen-bond acceptors (Lipinski definition) is 3. The van der Waals surface area contributed by atoms with Crippen LogP contribution in [0.1, 0.15) is 43.7 Å². The number of nitrogens with one attached hydrogen (secondary N) is 1. The van der Waals surface area contributed by atoms with Crippen LogP contribution in [0.4, 0.5) is 0 Å². The van der Waals surface area contributed by atoms with E-state index in [2.05, 4.69) is 21.2 Å². The van der Waals surface area contributed by atoms with Crippen LogP contribution < -0.4 is 5.32 Å². The van der Waals surface area contributed by atoms with E-state index in [1.54, 1.807) is 24.3 Å². The summed E-state index contributed by atoms with van der Waals surface area (Å²) in [6, 6.07) is 5.93. The van der Waals surface area contributed by atoms with Gasteiger partial charge in [-0.05, 0) is 49.3 Å². The van der Waals surface area contributed by atoms with Gasteiger partial charge in [-0.15, -0.1) is 0 Å². The number of rotatable bonds is 7. The largest absolute Gasteiger partial charge is 0.479 e. The minimum absolute atomic E-state index is 0.215. The maximum atomic E-state index is 12.0. The Labute approximate surface area is 144 Å². The topological polar surface area (TPSA) is 75.6 Å². The fourth-order valence-electron chi connectivity index (χ4n) is 2.76. The van der Waals surface area contributed by atoms with E-state index in [1.807, 2.05) is 0 Å². The molecule has 1 aromatic carbocycles. The number of ether oxygens (including phenoxy) is 1. The Balaban J connectivity index is 1.81. The van der Waals surface area contributed by atoms with E-state index >= 15 is 0 Å². The van der Waals surface area contributed by atoms with Gasteiger partial charge in [0, 0.05) is 24.1 Å². The fourth-order valence-corrected chi connectivity index (χ4v) is 3.03. The van der Waals surface area contributed by atoms with Gasteiger partial charge in [-0.2, -0.15) is 0 Å². The van der Waals surface area contributed by atoms with E-state index in [-0.39, 0.29) is 5.91 Å². The normalized spacial score (nSPS) is 16.7. The first kappa shape index (κ1) is 17.9. The lowest BCUT2D eigenvalue weighted by Gasteiger charge is -2.21. The summed E-state index contributed by atoms with van der Waals surface area (Å²) in [5.41, 5.74) is 0.568. The van der Waals surface area contributed by atoms with Crippen molar-refractivity contribution in [2.45, 2.75) is 38.1 Å². The van der Waals surface area contributed by atoms with Gasteiger partial charge in [-0.1, -0.05) is 28.1 Å². The summed E-state index contributed by atoms with van der Waals surface area (Å²) >= 11 is 3.31. The molecule has 0 radical (unpaired) electrons. The lowest BCUT2D eigenvalue weighted by Crippen LogP contribution is -2.33. The molecule has 0 bridgehead atoms. The van der Waals surface area contributed by atoms with E-state index in [0.717, 1.165) is 43.4 Å². The first-order valence-corrected chi connectivity index (χ1v) is 8.71. The molecule has 0 saturated carbocycles. The maximum Gasteiger partial charge on any atom is 0.330 e. The van der Waals surface area contributed by atoms with Crippen molar-refractivity contribution in [1.82, 2.24) is 5.32 Å². The molecule has 126 valence electrons. The molecule has 1 heterocycles. The highest BCUT2D eigenvalue weighted by Crippen LogP contribution is 2.21. The first-order valence-electron chi connectivity index (χ1n) is 7.91. The van der Waals surface area contributed by atoms with Crippen LogP contribution in [0.3, 0.4) is 0 Å². The summed E-state index contributed by atoms with van der Waals surface area (Å²) in [7, 11) is 0. The summed E-state index contributed by atoms with van der Waals surface area (Å²) in [6.45, 7) is 1.61. The van der Waals surface area contributed by atoms with E-state index in [0.29, 0.717) is 17.9 Å². The second kappa shape index (κ2) is 9.03. The molecular weight excluding hydrogens is 362 g/mol. The van der Waals surface area contributed by atoms with Crippen molar-refractivity contribution in [1.29, 1.82) is 0 Å². The Morgan fingerprint density at radius 3 is 2.52 bits per heavy atom. The molecule has 23 heavy (non-hydrogen) atoms. The molecule has 2 N–H and O–H groups in total. The van der Waals surface area contributed by atoms with Crippen molar-refractivity contribution < 1.29 is 19.4 Å². The predicted octanol–water partition coefficient (Wildman–Crippen LogP) is 3.29. The van der Waals surface area contributed by atoms with E-state index < -0.39 is 12.0 Å². The Bertz CT molecular complexity index is 526. The minimum Gasteiger partial charge on any atom is -0.479 e. The zero-order valence-corrected chi connectivity index (χ0v) is 14.5. The van der Waals surface area contributed by atoms with Crippen LogP contribution in [0.2, 0.25) is 0 Å². The van der Waals surface area contributed by atoms with Gasteiger partial charge >= 0.3 is 5.97 Å². The van der Waals surface area contributed by atoms with Gasteiger partial charge in [0.2, 0.25) is 5.91 Å². The summed E-state index contributed by atoms with van der Waals surface area (Å²) in [6.07, 6.45) is 4.24. The van der Waals surface area contributed by atoms with Crippen LogP contribution in [0.5, 0.6) is 0 Å². The van der Waals surface area contributed by atoms with Gasteiger partial charge in [-0.25, -0.2) is 4.79 Å². The predicted molar refractivity (Wildman–Crippen MR) is 90.1 cm³/mol. The van der Waals surface area contributed by atoms with Crippen molar-refractivity contribution >= 4 is 27.8 Å². The van der Waals surface area contributed by atoms with Gasteiger partial charge in [0.1, 0.15) is 0 Å². The van der Waals surface area contributed by atoms with Crippen molar-refractivity contribution in [2.24, 2.45) is 5.92 Å². The molecule has 1 amide bonds. The number of halogens is 1. The smallest absolute Gasteiger partial charge is 0.330 e. The molecule has 0 spiro atoms. The number of carbonyl (C=O) groups is 2. The molecule has 0 aliphatic carbocycles. The number of aliphatic carboxylic acids is 1. The van der Waals surface area contributed by atoms with Crippen LogP contribution in [0.25, 0.3) is 0 Å². The van der Waals surface area contributed by atoms with Gasteiger partial charge in [-0.3, -0.25) is 4.79 Å². The first-order chi connectivity index (χ1) is 11.1. The second-order valence-corrected chi connectivity index (χ2v) is 6.75. The van der Waals surface area contributed by atoms with Crippen LogP contribution in [-0.4, -0.2) is 30.2 Å². The third-order valence-electron chi connectivity index (χ3n) is 4.11. The summed E-state index contributed by atoms with van der Waals surface area (Å²) < 4.78 is 6.18. The number of hydrogen-bond donors (Lipinski definition) is 2. The number of carboxylic acid groups (broad SMARTS) is 1. The molecule has 6 heteroatoms. The molecule has 2 rings (SSSR count). The molecule has 1 unspecified atom stereocenters. The Hall–Kier alpha value is -1.40. The van der Waals surface area contributed by atoms with E-state index in [1.165, 1.54) is 0 Å². The lowest BCUT2D eigenvalue weighted by molar-refractivity contribution is -0.142. The molecule has 1 aliphatic rings. The highest BCUT2D eigenvalue weighted by molar-refractivity contribution is 9.10. The molecule has 0 aromatic heterocycles. The minimum atomic E-state index is -1.05. The molecule has 1 atom stereocenters. The van der Waals surface area contributed by atoms with Gasteiger partial charge in [0.15, 0.2) is 6.04 Å². The standard InChI is InChI=1S/C17H22BrNO4/c18-14-6-4-13(5-7-14)16(17(21)22)19-15(20)3-1-2-12-8-10-23-11-9-12/h4-7,12,16H,1-3,8-11H2,(H,19,20)(H,21,22). The zero-order valence-electron chi connectivity index (χ0n) is 13.0. The summed E-state index contributed by atoms with van der Waals surface area (Å²) in [4.78, 5) is 23.4. The van der Waals surface area contributed by atoms with E-state index in [4.69, 9.17) is 4.74 Å². The highest BCUT2D eigenvalue weighted by Gasteiger charge is 2.22. The molecule has 1 aliphatic heterocycles. The monoisotopic (exact) mass is 383 g/mol. The quantitative estimate of drug-likeness (QED) is 0.757. The molecular formula is C17H22BrNO4. The zero-order chi connectivity index (χ0) is 16.7. The third kappa shape index (κ3) is 5.95. The second-order valence-electron chi connectivity index (χ2n) is 5.84. The Morgan fingerprint density at radius 1 is 1.26 bits per heavy atom. The lowest BCUT2D eigenvalue weighted by atomic mass is 9.94. The number of benzene rings is 1. The summed E-state index contributed by atoms with van der Waals surface area (Å²) in [5.74, 6) is -0.643. The summed E-state index contributed by atoms with van der Waals surface area (Å²) in [5, 5.41) is 11.9. The van der Waals surface area contributed by atoms with Crippen LogP contribution >= 0.6 is 15.9 Å². The molecule has 1 aromatic rings. The van der Waals surface area contributed by atoms with Crippen LogP contribution in [0, 0.1) is 5.92 Å². The van der Waals surface area contributed by atoms with Crippen molar-refractivity contribution in [2.75, 3.05) is 13.2 Å². The molecule has 1 saturated heterocycles. The third-order valence-corrected chi connectivity index (χ3v) is 4.64. The van der Waals surface area contributed by atoms with Crippen LogP contribution in [0.15, 0.2) is 28.7 Å². The van der Waals surface area contributed by atoms with Crippen molar-refractivity contribution in [3.05, 3.63) is 34.3 Å².